The number of ether oxygens (including phenoxy) is 1. The monoisotopic (exact) mass is 840 g/mol. The summed E-state index contributed by atoms with van der Waals surface area (Å²) in [5.74, 6) is 1.90. The third-order valence-corrected chi connectivity index (χ3v) is 17.0. The molecule has 2 aromatic heterocycles. The Bertz CT molecular complexity index is 3750. The van der Waals surface area contributed by atoms with Gasteiger partial charge < -0.3 is 14.5 Å². The number of thiophene rings is 2. The van der Waals surface area contributed by atoms with Gasteiger partial charge in [-0.15, -0.1) is 22.7 Å². The van der Waals surface area contributed by atoms with Crippen LogP contribution < -0.4 is 47.3 Å². The summed E-state index contributed by atoms with van der Waals surface area (Å²) in [5.41, 5.74) is 15.0. The zero-order chi connectivity index (χ0) is 40.2. The van der Waals surface area contributed by atoms with Crippen molar-refractivity contribution in [3.8, 4) is 11.5 Å². The minimum absolute atomic E-state index is 0.0172. The lowest BCUT2D eigenvalue weighted by molar-refractivity contribution is 0.487. The van der Waals surface area contributed by atoms with Crippen LogP contribution in [0.3, 0.4) is 0 Å². The smallest absolute Gasteiger partial charge is 0.253 e. The van der Waals surface area contributed by atoms with Gasteiger partial charge in [-0.1, -0.05) is 132 Å². The van der Waals surface area contributed by atoms with E-state index in [2.05, 4.69) is 192 Å². The van der Waals surface area contributed by atoms with Crippen LogP contribution in [0.1, 0.15) is 0 Å². The van der Waals surface area contributed by atoms with Crippen molar-refractivity contribution in [2.45, 2.75) is 9.79 Å². The molecule has 0 unspecified atom stereocenters. The molecule has 4 aliphatic rings. The second-order valence-electron chi connectivity index (χ2n) is 16.7. The summed E-state index contributed by atoms with van der Waals surface area (Å²) in [7, 11) is 0. The lowest BCUT2D eigenvalue weighted by atomic mass is 9.31. The van der Waals surface area contributed by atoms with Crippen molar-refractivity contribution >= 4 is 155 Å². The maximum atomic E-state index is 7.34. The van der Waals surface area contributed by atoms with E-state index in [1.54, 1.807) is 0 Å². The first-order chi connectivity index (χ1) is 30.8. The molecular formula is C54H30B2N2OS3. The van der Waals surface area contributed by atoms with Gasteiger partial charge in [0.25, 0.3) is 13.4 Å². The highest BCUT2D eigenvalue weighted by Crippen LogP contribution is 2.52. The van der Waals surface area contributed by atoms with E-state index < -0.39 is 0 Å². The normalized spacial score (nSPS) is 14.1. The molecule has 0 aliphatic carbocycles. The molecule has 0 saturated heterocycles. The van der Waals surface area contributed by atoms with Crippen LogP contribution in [0.25, 0.3) is 40.3 Å². The molecule has 0 N–H and O–H groups in total. The van der Waals surface area contributed by atoms with Crippen molar-refractivity contribution < 1.29 is 4.74 Å². The summed E-state index contributed by atoms with van der Waals surface area (Å²) in [6.07, 6.45) is 0. The van der Waals surface area contributed by atoms with Gasteiger partial charge in [0.2, 0.25) is 0 Å². The van der Waals surface area contributed by atoms with Crippen LogP contribution in [-0.2, 0) is 0 Å². The predicted molar refractivity (Wildman–Crippen MR) is 268 cm³/mol. The SMILES string of the molecule is c1ccc(N2c3ccccc3B3c4cc5c(cc4N(c4ccccc4)c4c3c2cc2sc3ccccc3c42)Oc2cc3sc4ccccc4c3c3c2B5c2ccccc2S3)cc1. The van der Waals surface area contributed by atoms with Crippen LogP contribution in [0.15, 0.2) is 192 Å². The Kier molecular flexibility index (Phi) is 6.82. The molecular weight excluding hydrogens is 810 g/mol. The van der Waals surface area contributed by atoms with E-state index >= 15 is 0 Å². The lowest BCUT2D eigenvalue weighted by Gasteiger charge is -2.45. The van der Waals surface area contributed by atoms with E-state index in [1.165, 1.54) is 100.0 Å². The molecule has 0 radical (unpaired) electrons. The molecule has 0 bridgehead atoms. The predicted octanol–water partition coefficient (Wildman–Crippen LogP) is 11.6. The molecule has 15 rings (SSSR count). The van der Waals surface area contributed by atoms with Gasteiger partial charge in [0.1, 0.15) is 11.5 Å². The third kappa shape index (κ3) is 4.44. The molecule has 0 saturated carbocycles. The van der Waals surface area contributed by atoms with Gasteiger partial charge in [-0.2, -0.15) is 0 Å². The lowest BCUT2D eigenvalue weighted by Crippen LogP contribution is -2.64. The largest absolute Gasteiger partial charge is 0.458 e. The Labute approximate surface area is 370 Å². The highest BCUT2D eigenvalue weighted by molar-refractivity contribution is 8.00. The van der Waals surface area contributed by atoms with Gasteiger partial charge >= 0.3 is 0 Å². The number of fused-ring (bicyclic) bond motifs is 16. The van der Waals surface area contributed by atoms with Crippen LogP contribution in [0.4, 0.5) is 34.1 Å². The van der Waals surface area contributed by atoms with Gasteiger partial charge in [-0.05, 0) is 88.0 Å². The van der Waals surface area contributed by atoms with Gasteiger partial charge in [0.15, 0.2) is 0 Å². The van der Waals surface area contributed by atoms with E-state index in [0.29, 0.717) is 0 Å². The van der Waals surface area contributed by atoms with E-state index in [9.17, 15) is 0 Å². The van der Waals surface area contributed by atoms with Gasteiger partial charge in [-0.3, -0.25) is 0 Å². The maximum absolute atomic E-state index is 7.34. The van der Waals surface area contributed by atoms with Crippen LogP contribution in [0.5, 0.6) is 11.5 Å². The molecule has 0 atom stereocenters. The zero-order valence-electron chi connectivity index (χ0n) is 33.0. The van der Waals surface area contributed by atoms with Crippen molar-refractivity contribution in [3.63, 3.8) is 0 Å². The van der Waals surface area contributed by atoms with Crippen molar-refractivity contribution in [2.75, 3.05) is 9.80 Å². The van der Waals surface area contributed by atoms with Gasteiger partial charge in [0.05, 0.1) is 5.69 Å². The molecule has 11 aromatic rings. The van der Waals surface area contributed by atoms with Crippen molar-refractivity contribution in [3.05, 3.63) is 182 Å². The van der Waals surface area contributed by atoms with Gasteiger partial charge in [0, 0.05) is 84.6 Å². The molecule has 8 heteroatoms. The minimum Gasteiger partial charge on any atom is -0.458 e. The summed E-state index contributed by atoms with van der Waals surface area (Å²) >= 11 is 5.67. The van der Waals surface area contributed by atoms with Crippen LogP contribution in [0.2, 0.25) is 0 Å². The molecule has 0 amide bonds. The molecule has 0 spiro atoms. The van der Waals surface area contributed by atoms with Crippen LogP contribution in [-0.4, -0.2) is 13.4 Å². The Morgan fingerprint density at radius 3 is 1.79 bits per heavy atom. The summed E-state index contributed by atoms with van der Waals surface area (Å²) in [6, 6.07) is 67.7. The number of anilines is 6. The second-order valence-corrected chi connectivity index (χ2v) is 19.9. The number of nitrogens with zero attached hydrogens (tertiary/aromatic N) is 2. The Hall–Kier alpha value is -6.70. The van der Waals surface area contributed by atoms with Crippen molar-refractivity contribution in [1.29, 1.82) is 0 Å². The maximum Gasteiger partial charge on any atom is 0.253 e. The van der Waals surface area contributed by atoms with Crippen molar-refractivity contribution in [2.24, 2.45) is 0 Å². The van der Waals surface area contributed by atoms with E-state index in [1.807, 2.05) is 34.4 Å². The quantitative estimate of drug-likeness (QED) is 0.161. The fourth-order valence-corrected chi connectivity index (χ4v) is 14.8. The number of hydrogen-bond donors (Lipinski definition) is 0. The molecule has 0 fully saturated rings. The number of hydrogen-bond acceptors (Lipinski definition) is 6. The number of rotatable bonds is 2. The molecule has 4 aliphatic heterocycles. The average molecular weight is 841 g/mol. The summed E-state index contributed by atoms with van der Waals surface area (Å²) in [5, 5.41) is 5.26. The van der Waals surface area contributed by atoms with E-state index in [0.717, 1.165) is 28.6 Å². The Morgan fingerprint density at radius 2 is 1.02 bits per heavy atom. The molecule has 3 nitrogen and oxygen atoms in total. The third-order valence-electron chi connectivity index (χ3n) is 13.5. The topological polar surface area (TPSA) is 15.7 Å². The molecule has 62 heavy (non-hydrogen) atoms. The molecule has 9 aromatic carbocycles. The average Bonchev–Trinajstić information content (AvgIpc) is 3.89. The van der Waals surface area contributed by atoms with Gasteiger partial charge in [-0.25, -0.2) is 0 Å². The highest BCUT2D eigenvalue weighted by Gasteiger charge is 2.47. The summed E-state index contributed by atoms with van der Waals surface area (Å²) in [6.45, 7) is -0.0135. The standard InChI is InChI=1S/C54H30B2N2OS3/c1-3-15-31(16-4-1)57-39-23-11-9-21-35(39)55-37-27-38-42(59-43-30-48-50(34-20-8-13-25-45(34)61-48)54-52(43)56(38)36-22-10-14-26-46(36)62-54)28-40(37)58(32-17-5-2-6-18-32)53-49-33-19-7-12-24-44(33)60-47(49)29-41(57)51(53)55/h1-30H. The number of benzene rings is 9. The number of para-hydroxylation sites is 3. The fraction of sp³-hybridized carbons (Fsp3) is 0. The first-order valence-corrected chi connectivity index (χ1v) is 23.6. The fourth-order valence-electron chi connectivity index (χ4n) is 11.1. The molecule has 6 heterocycles. The molecule has 286 valence electrons. The summed E-state index contributed by atoms with van der Waals surface area (Å²) < 4.78 is 12.5. The highest BCUT2D eigenvalue weighted by atomic mass is 32.2. The van der Waals surface area contributed by atoms with Crippen LogP contribution >= 0.6 is 34.4 Å². The second kappa shape index (κ2) is 12.5. The Balaban J connectivity index is 1.08. The van der Waals surface area contributed by atoms with Crippen molar-refractivity contribution in [1.82, 2.24) is 0 Å². The van der Waals surface area contributed by atoms with Crippen LogP contribution in [0, 0.1) is 0 Å². The zero-order valence-corrected chi connectivity index (χ0v) is 35.5. The van der Waals surface area contributed by atoms with E-state index in [-0.39, 0.29) is 13.4 Å². The minimum atomic E-state index is -0.0307. The van der Waals surface area contributed by atoms with E-state index in [4.69, 9.17) is 4.74 Å². The first kappa shape index (κ1) is 34.0. The first-order valence-electron chi connectivity index (χ1n) is 21.1. The summed E-state index contributed by atoms with van der Waals surface area (Å²) in [4.78, 5) is 7.72. The Morgan fingerprint density at radius 1 is 0.403 bits per heavy atom.